The maximum atomic E-state index is 12.8. The standard InChI is InChI=1S/C15H21N5OS.2ClH/c1-10-18-12(9-22-10)8-19(2)15(21)14-6-16-5-13(14)11-4-17-20(3)7-11;;/h4,7,9,13-14,16H,5-6,8H2,1-3H3;2*1H/t13-,14+;;/m1../s1. The third kappa shape index (κ3) is 4.47. The van der Waals surface area contributed by atoms with Gasteiger partial charge in [0.1, 0.15) is 0 Å². The zero-order chi connectivity index (χ0) is 15.7. The molecule has 0 radical (unpaired) electrons. The molecule has 0 aliphatic carbocycles. The third-order valence-corrected chi connectivity index (χ3v) is 4.95. The maximum Gasteiger partial charge on any atom is 0.227 e. The lowest BCUT2D eigenvalue weighted by molar-refractivity contribution is -0.134. The van der Waals surface area contributed by atoms with Crippen molar-refractivity contribution in [3.8, 4) is 0 Å². The second-order valence-electron chi connectivity index (χ2n) is 5.87. The van der Waals surface area contributed by atoms with Crippen LogP contribution in [0.4, 0.5) is 0 Å². The molecule has 1 aliphatic rings. The number of nitrogens with zero attached hydrogens (tertiary/aromatic N) is 4. The van der Waals surface area contributed by atoms with Crippen LogP contribution in [-0.4, -0.2) is 45.7 Å². The van der Waals surface area contributed by atoms with Gasteiger partial charge in [-0.15, -0.1) is 36.2 Å². The Balaban J connectivity index is 0.00000144. The molecule has 0 aromatic carbocycles. The summed E-state index contributed by atoms with van der Waals surface area (Å²) in [6.45, 7) is 4.10. The van der Waals surface area contributed by atoms with E-state index in [0.717, 1.165) is 29.4 Å². The van der Waals surface area contributed by atoms with Gasteiger partial charge >= 0.3 is 0 Å². The number of aryl methyl sites for hydroxylation is 2. The third-order valence-electron chi connectivity index (χ3n) is 4.13. The quantitative estimate of drug-likeness (QED) is 0.865. The summed E-state index contributed by atoms with van der Waals surface area (Å²) in [5.74, 6) is 0.333. The fourth-order valence-corrected chi connectivity index (χ4v) is 3.61. The van der Waals surface area contributed by atoms with Gasteiger partial charge in [0.15, 0.2) is 0 Å². The van der Waals surface area contributed by atoms with Crippen molar-refractivity contribution in [3.63, 3.8) is 0 Å². The first-order valence-electron chi connectivity index (χ1n) is 7.40. The highest BCUT2D eigenvalue weighted by Gasteiger charge is 2.36. The van der Waals surface area contributed by atoms with Crippen molar-refractivity contribution < 1.29 is 4.79 Å². The summed E-state index contributed by atoms with van der Waals surface area (Å²) in [5, 5.41) is 10.6. The number of halogens is 2. The summed E-state index contributed by atoms with van der Waals surface area (Å²) in [6, 6.07) is 0. The summed E-state index contributed by atoms with van der Waals surface area (Å²) in [7, 11) is 3.76. The minimum absolute atomic E-state index is 0. The topological polar surface area (TPSA) is 63.1 Å². The van der Waals surface area contributed by atoms with E-state index in [1.54, 1.807) is 20.9 Å². The van der Waals surface area contributed by atoms with E-state index >= 15 is 0 Å². The van der Waals surface area contributed by atoms with Crippen LogP contribution in [0.25, 0.3) is 0 Å². The summed E-state index contributed by atoms with van der Waals surface area (Å²) in [6.07, 6.45) is 3.86. The molecule has 1 fully saturated rings. The molecule has 6 nitrogen and oxygen atoms in total. The molecule has 2 atom stereocenters. The Bertz CT molecular complexity index is 674. The molecule has 134 valence electrons. The highest BCUT2D eigenvalue weighted by Crippen LogP contribution is 2.29. The predicted molar refractivity (Wildman–Crippen MR) is 100 cm³/mol. The summed E-state index contributed by atoms with van der Waals surface area (Å²) in [5.41, 5.74) is 2.09. The van der Waals surface area contributed by atoms with Gasteiger partial charge in [-0.3, -0.25) is 9.48 Å². The first-order chi connectivity index (χ1) is 10.5. The molecule has 1 amide bonds. The minimum atomic E-state index is -0.0334. The Morgan fingerprint density at radius 2 is 2.21 bits per heavy atom. The van der Waals surface area contributed by atoms with Crippen molar-refractivity contribution in [2.45, 2.75) is 19.4 Å². The molecule has 3 rings (SSSR count). The van der Waals surface area contributed by atoms with Gasteiger partial charge < -0.3 is 10.2 Å². The van der Waals surface area contributed by atoms with Gasteiger partial charge in [0, 0.05) is 44.7 Å². The van der Waals surface area contributed by atoms with Crippen LogP contribution in [-0.2, 0) is 18.4 Å². The second kappa shape index (κ2) is 8.80. The minimum Gasteiger partial charge on any atom is -0.340 e. The van der Waals surface area contributed by atoms with Gasteiger partial charge in [0.2, 0.25) is 5.91 Å². The van der Waals surface area contributed by atoms with E-state index in [2.05, 4.69) is 15.4 Å². The van der Waals surface area contributed by atoms with Crippen LogP contribution < -0.4 is 5.32 Å². The number of hydrogen-bond donors (Lipinski definition) is 1. The van der Waals surface area contributed by atoms with Crippen molar-refractivity contribution in [2.24, 2.45) is 13.0 Å². The average molecular weight is 392 g/mol. The zero-order valence-corrected chi connectivity index (χ0v) is 16.4. The van der Waals surface area contributed by atoms with Crippen LogP contribution in [0.15, 0.2) is 17.8 Å². The average Bonchev–Trinajstić information content (AvgIpc) is 3.18. The number of aromatic nitrogens is 3. The van der Waals surface area contributed by atoms with Crippen LogP contribution >= 0.6 is 36.2 Å². The fourth-order valence-electron chi connectivity index (χ4n) is 3.00. The Hall–Kier alpha value is -1.15. The molecule has 9 heteroatoms. The Labute approximate surface area is 158 Å². The number of nitrogens with one attached hydrogen (secondary N) is 1. The Morgan fingerprint density at radius 1 is 1.46 bits per heavy atom. The lowest BCUT2D eigenvalue weighted by Crippen LogP contribution is -2.35. The Morgan fingerprint density at radius 3 is 2.79 bits per heavy atom. The van der Waals surface area contributed by atoms with Crippen LogP contribution in [0.1, 0.15) is 22.2 Å². The number of carbonyl (C=O) groups excluding carboxylic acids is 1. The van der Waals surface area contributed by atoms with E-state index in [1.807, 2.05) is 38.8 Å². The van der Waals surface area contributed by atoms with Crippen molar-refractivity contribution in [3.05, 3.63) is 34.0 Å². The predicted octanol–water partition coefficient (Wildman–Crippen LogP) is 1.99. The molecule has 24 heavy (non-hydrogen) atoms. The molecule has 2 aromatic rings. The van der Waals surface area contributed by atoms with Crippen molar-refractivity contribution in [1.29, 1.82) is 0 Å². The molecular weight excluding hydrogens is 369 g/mol. The van der Waals surface area contributed by atoms with Crippen molar-refractivity contribution >= 4 is 42.1 Å². The lowest BCUT2D eigenvalue weighted by Gasteiger charge is -2.23. The van der Waals surface area contributed by atoms with Gasteiger partial charge in [0.05, 0.1) is 29.4 Å². The smallest absolute Gasteiger partial charge is 0.227 e. The summed E-state index contributed by atoms with van der Waals surface area (Å²) >= 11 is 1.62. The van der Waals surface area contributed by atoms with Crippen molar-refractivity contribution in [2.75, 3.05) is 20.1 Å². The monoisotopic (exact) mass is 391 g/mol. The zero-order valence-electron chi connectivity index (χ0n) is 13.9. The molecule has 0 saturated carbocycles. The van der Waals surface area contributed by atoms with Gasteiger partial charge in [-0.05, 0) is 12.5 Å². The van der Waals surface area contributed by atoms with E-state index in [0.29, 0.717) is 6.54 Å². The van der Waals surface area contributed by atoms with Crippen molar-refractivity contribution in [1.82, 2.24) is 25.0 Å². The second-order valence-corrected chi connectivity index (χ2v) is 6.93. The largest absolute Gasteiger partial charge is 0.340 e. The van der Waals surface area contributed by atoms with Gasteiger partial charge in [0.25, 0.3) is 0 Å². The van der Waals surface area contributed by atoms with Crippen LogP contribution in [0.3, 0.4) is 0 Å². The Kier molecular flexibility index (Phi) is 7.66. The molecule has 1 N–H and O–H groups in total. The molecule has 2 aromatic heterocycles. The molecule has 3 heterocycles. The molecule has 0 unspecified atom stereocenters. The molecular formula is C15H23Cl2N5OS. The number of hydrogen-bond acceptors (Lipinski definition) is 5. The van der Waals surface area contributed by atoms with E-state index in [4.69, 9.17) is 0 Å². The highest BCUT2D eigenvalue weighted by atomic mass is 35.5. The van der Waals surface area contributed by atoms with Crippen LogP contribution in [0.5, 0.6) is 0 Å². The van der Waals surface area contributed by atoms with Gasteiger partial charge in [-0.2, -0.15) is 5.10 Å². The normalized spacial score (nSPS) is 19.5. The molecule has 0 spiro atoms. The number of rotatable bonds is 4. The number of carbonyl (C=O) groups is 1. The van der Waals surface area contributed by atoms with E-state index < -0.39 is 0 Å². The SMILES string of the molecule is Cc1nc(CN(C)C(=O)[C@H]2CNC[C@@H]2c2cnn(C)c2)cs1.Cl.Cl. The lowest BCUT2D eigenvalue weighted by atomic mass is 9.90. The van der Waals surface area contributed by atoms with Gasteiger partial charge in [-0.1, -0.05) is 0 Å². The molecule has 1 aliphatic heterocycles. The van der Waals surface area contributed by atoms with Crippen LogP contribution in [0, 0.1) is 12.8 Å². The molecule has 0 bridgehead atoms. The fraction of sp³-hybridized carbons (Fsp3) is 0.533. The van der Waals surface area contributed by atoms with E-state index in [1.165, 1.54) is 0 Å². The first-order valence-corrected chi connectivity index (χ1v) is 8.28. The first kappa shape index (κ1) is 20.9. The number of amides is 1. The molecule has 1 saturated heterocycles. The van der Waals surface area contributed by atoms with E-state index in [9.17, 15) is 4.79 Å². The van der Waals surface area contributed by atoms with Crippen LogP contribution in [0.2, 0.25) is 0 Å². The van der Waals surface area contributed by atoms with E-state index in [-0.39, 0.29) is 42.6 Å². The summed E-state index contributed by atoms with van der Waals surface area (Å²) in [4.78, 5) is 19.0. The number of thiazole rings is 1. The summed E-state index contributed by atoms with van der Waals surface area (Å²) < 4.78 is 1.79. The highest BCUT2D eigenvalue weighted by molar-refractivity contribution is 7.09. The van der Waals surface area contributed by atoms with Gasteiger partial charge in [-0.25, -0.2) is 4.98 Å². The maximum absolute atomic E-state index is 12.8.